The van der Waals surface area contributed by atoms with E-state index in [0.29, 0.717) is 0 Å². The highest BCUT2D eigenvalue weighted by molar-refractivity contribution is 5.87. The highest BCUT2D eigenvalue weighted by atomic mass is 16.3. The van der Waals surface area contributed by atoms with Crippen LogP contribution in [-0.2, 0) is 11.2 Å². The molecule has 3 rings (SSSR count). The molecule has 2 heterocycles. The van der Waals surface area contributed by atoms with Crippen LogP contribution in [0.2, 0.25) is 0 Å². The third kappa shape index (κ3) is 2.32. The molecule has 2 aliphatic rings. The predicted octanol–water partition coefficient (Wildman–Crippen LogP) is 1.40. The molecule has 0 spiro atoms. The van der Waals surface area contributed by atoms with Gasteiger partial charge in [-0.2, -0.15) is 0 Å². The summed E-state index contributed by atoms with van der Waals surface area (Å²) >= 11 is 0. The van der Waals surface area contributed by atoms with Gasteiger partial charge in [0.15, 0.2) is 0 Å². The Labute approximate surface area is 113 Å². The number of para-hydroxylation sites is 1. The van der Waals surface area contributed by atoms with E-state index < -0.39 is 0 Å². The van der Waals surface area contributed by atoms with Crippen LogP contribution in [0.4, 0.5) is 5.69 Å². The summed E-state index contributed by atoms with van der Waals surface area (Å²) in [7, 11) is 0. The number of nitrogens with zero attached hydrogens (tertiary/aromatic N) is 1. The second-order valence-corrected chi connectivity index (χ2v) is 5.42. The van der Waals surface area contributed by atoms with Gasteiger partial charge in [-0.1, -0.05) is 18.2 Å². The summed E-state index contributed by atoms with van der Waals surface area (Å²) in [5.74, 6) is 0.134. The zero-order chi connectivity index (χ0) is 13.2. The lowest BCUT2D eigenvalue weighted by atomic mass is 10.0. The molecular weight excluding hydrogens is 240 g/mol. The van der Waals surface area contributed by atoms with Crippen LogP contribution in [0.25, 0.3) is 0 Å². The number of anilines is 1. The summed E-state index contributed by atoms with van der Waals surface area (Å²) in [4.78, 5) is 14.5. The number of hydrogen-bond donors (Lipinski definition) is 2. The van der Waals surface area contributed by atoms with E-state index >= 15 is 0 Å². The van der Waals surface area contributed by atoms with Gasteiger partial charge in [-0.25, -0.2) is 0 Å². The van der Waals surface area contributed by atoms with E-state index in [-0.39, 0.29) is 24.6 Å². The molecule has 4 heteroatoms. The molecule has 2 atom stereocenters. The fourth-order valence-corrected chi connectivity index (χ4v) is 3.13. The number of aliphatic hydroxyl groups excluding tert-OH is 1. The van der Waals surface area contributed by atoms with E-state index in [9.17, 15) is 9.90 Å². The van der Waals surface area contributed by atoms with Gasteiger partial charge >= 0.3 is 0 Å². The minimum absolute atomic E-state index is 0.00626. The quantitative estimate of drug-likeness (QED) is 0.845. The van der Waals surface area contributed by atoms with Crippen LogP contribution in [0.15, 0.2) is 24.3 Å². The smallest absolute Gasteiger partial charge is 0.245 e. The van der Waals surface area contributed by atoms with E-state index in [0.717, 1.165) is 37.9 Å². The van der Waals surface area contributed by atoms with Crippen molar-refractivity contribution in [3.63, 3.8) is 0 Å². The summed E-state index contributed by atoms with van der Waals surface area (Å²) in [6.07, 6.45) is 3.82. The molecule has 1 aromatic carbocycles. The third-order valence-electron chi connectivity index (χ3n) is 4.19. The molecular formula is C15H20N2O2. The summed E-state index contributed by atoms with van der Waals surface area (Å²) < 4.78 is 0. The molecule has 0 aromatic heterocycles. The lowest BCUT2D eigenvalue weighted by Crippen LogP contribution is -2.51. The first-order chi connectivity index (χ1) is 9.29. The fourth-order valence-electron chi connectivity index (χ4n) is 3.13. The van der Waals surface area contributed by atoms with Crippen LogP contribution in [-0.4, -0.2) is 41.1 Å². The summed E-state index contributed by atoms with van der Waals surface area (Å²) in [6, 6.07) is 7.91. The molecule has 0 bridgehead atoms. The molecule has 2 unspecified atom stereocenters. The van der Waals surface area contributed by atoms with Gasteiger partial charge in [0.05, 0.1) is 12.6 Å². The number of aliphatic hydroxyl groups is 1. The maximum Gasteiger partial charge on any atom is 0.245 e. The van der Waals surface area contributed by atoms with Crippen LogP contribution < -0.4 is 5.32 Å². The van der Waals surface area contributed by atoms with Crippen molar-refractivity contribution in [3.05, 3.63) is 29.8 Å². The predicted molar refractivity (Wildman–Crippen MR) is 74.0 cm³/mol. The van der Waals surface area contributed by atoms with Crippen LogP contribution in [0.3, 0.4) is 0 Å². The summed E-state index contributed by atoms with van der Waals surface area (Å²) in [5.41, 5.74) is 2.27. The van der Waals surface area contributed by atoms with Gasteiger partial charge in [0.25, 0.3) is 0 Å². The lowest BCUT2D eigenvalue weighted by molar-refractivity contribution is -0.136. The number of hydrogen-bond acceptors (Lipinski definition) is 3. The minimum atomic E-state index is -0.162. The Bertz CT molecular complexity index is 450. The molecule has 1 fully saturated rings. The Morgan fingerprint density at radius 2 is 2.21 bits per heavy atom. The number of piperidine rings is 1. The van der Waals surface area contributed by atoms with E-state index in [4.69, 9.17) is 0 Å². The molecule has 102 valence electrons. The third-order valence-corrected chi connectivity index (χ3v) is 4.19. The van der Waals surface area contributed by atoms with E-state index in [1.807, 2.05) is 23.1 Å². The first kappa shape index (κ1) is 12.5. The van der Waals surface area contributed by atoms with Crippen molar-refractivity contribution in [1.29, 1.82) is 0 Å². The molecule has 0 aliphatic carbocycles. The second kappa shape index (κ2) is 5.21. The molecule has 19 heavy (non-hydrogen) atoms. The Morgan fingerprint density at radius 3 is 3.00 bits per heavy atom. The molecule has 1 saturated heterocycles. The number of nitrogens with one attached hydrogen (secondary N) is 1. The molecule has 0 saturated carbocycles. The van der Waals surface area contributed by atoms with Crippen molar-refractivity contribution in [2.24, 2.45) is 0 Å². The Hall–Kier alpha value is -1.55. The summed E-state index contributed by atoms with van der Waals surface area (Å²) in [5, 5.41) is 12.7. The molecule has 1 aromatic rings. The molecule has 0 radical (unpaired) electrons. The van der Waals surface area contributed by atoms with Gasteiger partial charge in [-0.15, -0.1) is 0 Å². The monoisotopic (exact) mass is 260 g/mol. The number of rotatable bonds is 2. The molecule has 4 nitrogen and oxygen atoms in total. The molecule has 1 amide bonds. The Balaban J connectivity index is 1.72. The number of carbonyl (C=O) groups is 1. The highest BCUT2D eigenvalue weighted by Gasteiger charge is 2.34. The van der Waals surface area contributed by atoms with Crippen LogP contribution in [0.1, 0.15) is 24.8 Å². The standard InChI is InChI=1S/C15H20N2O2/c18-10-12-6-3-4-8-17(12)15(19)14-9-11-5-1-2-7-13(11)16-14/h1-2,5,7,12,14,16,18H,3-4,6,8-10H2. The van der Waals surface area contributed by atoms with Crippen molar-refractivity contribution in [2.75, 3.05) is 18.5 Å². The largest absolute Gasteiger partial charge is 0.394 e. The van der Waals surface area contributed by atoms with Gasteiger partial charge in [0, 0.05) is 18.7 Å². The van der Waals surface area contributed by atoms with Gasteiger partial charge < -0.3 is 15.3 Å². The fraction of sp³-hybridized carbons (Fsp3) is 0.533. The van der Waals surface area contributed by atoms with Crippen molar-refractivity contribution < 1.29 is 9.90 Å². The van der Waals surface area contributed by atoms with Crippen LogP contribution in [0.5, 0.6) is 0 Å². The summed E-state index contributed by atoms with van der Waals surface area (Å²) in [6.45, 7) is 0.851. The Morgan fingerprint density at radius 1 is 1.37 bits per heavy atom. The SMILES string of the molecule is O=C(C1Cc2ccccc2N1)N1CCCCC1CO. The lowest BCUT2D eigenvalue weighted by Gasteiger charge is -2.36. The number of likely N-dealkylation sites (tertiary alicyclic amines) is 1. The van der Waals surface area contributed by atoms with Crippen molar-refractivity contribution in [2.45, 2.75) is 37.8 Å². The van der Waals surface area contributed by atoms with Crippen LogP contribution >= 0.6 is 0 Å². The number of amides is 1. The van der Waals surface area contributed by atoms with E-state index in [1.165, 1.54) is 5.56 Å². The van der Waals surface area contributed by atoms with E-state index in [1.54, 1.807) is 0 Å². The zero-order valence-electron chi connectivity index (χ0n) is 11.0. The van der Waals surface area contributed by atoms with E-state index in [2.05, 4.69) is 11.4 Å². The average Bonchev–Trinajstić information content (AvgIpc) is 2.90. The molecule has 2 N–H and O–H groups in total. The minimum Gasteiger partial charge on any atom is -0.394 e. The molecule has 2 aliphatic heterocycles. The maximum absolute atomic E-state index is 12.6. The second-order valence-electron chi connectivity index (χ2n) is 5.42. The zero-order valence-corrected chi connectivity index (χ0v) is 11.0. The number of fused-ring (bicyclic) bond motifs is 1. The Kier molecular flexibility index (Phi) is 3.42. The van der Waals surface area contributed by atoms with Crippen molar-refractivity contribution in [3.8, 4) is 0 Å². The first-order valence-corrected chi connectivity index (χ1v) is 7.05. The van der Waals surface area contributed by atoms with Gasteiger partial charge in [-0.05, 0) is 30.9 Å². The average molecular weight is 260 g/mol. The number of carbonyl (C=O) groups excluding carboxylic acids is 1. The van der Waals surface area contributed by atoms with Crippen LogP contribution in [0, 0.1) is 0 Å². The van der Waals surface area contributed by atoms with Gasteiger partial charge in [0.2, 0.25) is 5.91 Å². The maximum atomic E-state index is 12.6. The van der Waals surface area contributed by atoms with Gasteiger partial charge in [-0.3, -0.25) is 4.79 Å². The van der Waals surface area contributed by atoms with Crippen molar-refractivity contribution in [1.82, 2.24) is 4.90 Å². The highest BCUT2D eigenvalue weighted by Crippen LogP contribution is 2.27. The topological polar surface area (TPSA) is 52.6 Å². The van der Waals surface area contributed by atoms with Crippen molar-refractivity contribution >= 4 is 11.6 Å². The number of benzene rings is 1. The normalized spacial score (nSPS) is 25.8. The first-order valence-electron chi connectivity index (χ1n) is 7.05. The van der Waals surface area contributed by atoms with Gasteiger partial charge in [0.1, 0.15) is 6.04 Å².